The first-order chi connectivity index (χ1) is 11.9. The van der Waals surface area contributed by atoms with Crippen molar-refractivity contribution < 1.29 is 19.1 Å². The number of hydrogen-bond donors (Lipinski definition) is 1. The molecule has 1 aromatic heterocycles. The number of aryl methyl sites for hydroxylation is 2. The van der Waals surface area contributed by atoms with E-state index < -0.39 is 0 Å². The summed E-state index contributed by atoms with van der Waals surface area (Å²) >= 11 is 0. The van der Waals surface area contributed by atoms with Crippen LogP contribution in [0, 0.1) is 13.8 Å². The smallest absolute Gasteiger partial charge is 0.227 e. The highest BCUT2D eigenvalue weighted by atomic mass is 16.3. The quantitative estimate of drug-likeness (QED) is 0.865. The Morgan fingerprint density at radius 3 is 2.60 bits per heavy atom. The van der Waals surface area contributed by atoms with Crippen LogP contribution in [0.5, 0.6) is 5.75 Å². The Bertz CT molecular complexity index is 906. The average molecular weight is 343 g/mol. The highest BCUT2D eigenvalue weighted by Crippen LogP contribution is 2.29. The zero-order chi connectivity index (χ0) is 18.1. The van der Waals surface area contributed by atoms with E-state index in [-0.39, 0.29) is 40.0 Å². The lowest BCUT2D eigenvalue weighted by Crippen LogP contribution is -2.37. The number of phenolic OH excluding ortho intramolecular Hbond substituents is 1. The normalized spacial score (nSPS) is 14.7. The molecule has 0 radical (unpaired) electrons. The molecule has 1 aliphatic rings. The van der Waals surface area contributed by atoms with E-state index in [1.165, 1.54) is 6.07 Å². The minimum atomic E-state index is -0.324. The average Bonchev–Trinajstić information content (AvgIpc) is 2.61. The fraction of sp³-hybridized carbons (Fsp3) is 0.421. The lowest BCUT2D eigenvalue weighted by atomic mass is 10.0. The first-order valence-electron chi connectivity index (χ1n) is 8.46. The SMILES string of the molecule is Cc1cc2c(=O)c(CC(=O)N3CCCCC3)c(C)oc2c(C=O)c1O. The number of carbonyl (C=O) groups excluding carboxylic acids is 2. The Morgan fingerprint density at radius 1 is 1.28 bits per heavy atom. The molecule has 25 heavy (non-hydrogen) atoms. The van der Waals surface area contributed by atoms with Crippen LogP contribution in [0.15, 0.2) is 15.3 Å². The van der Waals surface area contributed by atoms with Gasteiger partial charge in [-0.1, -0.05) is 0 Å². The predicted octanol–water partition coefficient (Wildman–Crippen LogP) is 2.48. The number of piperidine rings is 1. The van der Waals surface area contributed by atoms with E-state index in [1.54, 1.807) is 18.7 Å². The standard InChI is InChI=1S/C19H21NO5/c1-11-8-14-18(24)13(9-16(22)20-6-4-3-5-7-20)12(2)25-19(14)15(10-21)17(11)23/h8,10,23H,3-7,9H2,1-2H3. The molecule has 6 nitrogen and oxygen atoms in total. The predicted molar refractivity (Wildman–Crippen MR) is 93.1 cm³/mol. The monoisotopic (exact) mass is 343 g/mol. The summed E-state index contributed by atoms with van der Waals surface area (Å²) in [4.78, 5) is 38.5. The maximum Gasteiger partial charge on any atom is 0.227 e. The summed E-state index contributed by atoms with van der Waals surface area (Å²) in [6.07, 6.45) is 3.56. The van der Waals surface area contributed by atoms with Crippen LogP contribution in [0.1, 0.15) is 46.5 Å². The second kappa shape index (κ2) is 6.70. The second-order valence-corrected chi connectivity index (χ2v) is 6.53. The first kappa shape index (κ1) is 17.2. The third-order valence-corrected chi connectivity index (χ3v) is 4.83. The third-order valence-electron chi connectivity index (χ3n) is 4.83. The van der Waals surface area contributed by atoms with Crippen LogP contribution in [0.3, 0.4) is 0 Å². The summed E-state index contributed by atoms with van der Waals surface area (Å²) in [5.41, 5.74) is 0.429. The Kier molecular flexibility index (Phi) is 4.61. The molecule has 132 valence electrons. The van der Waals surface area contributed by atoms with Crippen LogP contribution >= 0.6 is 0 Å². The lowest BCUT2D eigenvalue weighted by molar-refractivity contribution is -0.131. The van der Waals surface area contributed by atoms with Crippen LogP contribution in [0.4, 0.5) is 0 Å². The fourth-order valence-electron chi connectivity index (χ4n) is 3.35. The van der Waals surface area contributed by atoms with Gasteiger partial charge in [-0.05, 0) is 44.7 Å². The maximum atomic E-state index is 12.9. The Hall–Kier alpha value is -2.63. The van der Waals surface area contributed by atoms with Crippen molar-refractivity contribution in [3.63, 3.8) is 0 Å². The van der Waals surface area contributed by atoms with Crippen LogP contribution in [-0.4, -0.2) is 35.3 Å². The molecule has 1 fully saturated rings. The van der Waals surface area contributed by atoms with Gasteiger partial charge < -0.3 is 14.4 Å². The minimum absolute atomic E-state index is 0.0134. The largest absolute Gasteiger partial charge is 0.507 e. The Balaban J connectivity index is 2.08. The Labute approximate surface area is 145 Å². The van der Waals surface area contributed by atoms with E-state index in [4.69, 9.17) is 4.42 Å². The van der Waals surface area contributed by atoms with Crippen LogP contribution in [0.2, 0.25) is 0 Å². The minimum Gasteiger partial charge on any atom is -0.507 e. The van der Waals surface area contributed by atoms with Crippen molar-refractivity contribution in [1.82, 2.24) is 4.90 Å². The van der Waals surface area contributed by atoms with Crippen LogP contribution in [0.25, 0.3) is 11.0 Å². The zero-order valence-corrected chi connectivity index (χ0v) is 14.4. The molecule has 1 amide bonds. The molecule has 0 bridgehead atoms. The van der Waals surface area contributed by atoms with Gasteiger partial charge in [0.2, 0.25) is 5.91 Å². The molecule has 0 unspecified atom stereocenters. The molecule has 0 aliphatic carbocycles. The van der Waals surface area contributed by atoms with E-state index in [0.29, 0.717) is 23.2 Å². The van der Waals surface area contributed by atoms with Crippen molar-refractivity contribution in [3.8, 4) is 5.75 Å². The number of phenols is 1. The van der Waals surface area contributed by atoms with Crippen molar-refractivity contribution in [2.75, 3.05) is 13.1 Å². The van der Waals surface area contributed by atoms with E-state index in [1.807, 2.05) is 0 Å². The molecule has 1 saturated heterocycles. The molecule has 1 aliphatic heterocycles. The number of nitrogens with zero attached hydrogens (tertiary/aromatic N) is 1. The first-order valence-corrected chi connectivity index (χ1v) is 8.46. The molecular weight excluding hydrogens is 322 g/mol. The summed E-state index contributed by atoms with van der Waals surface area (Å²) in [5, 5.41) is 10.2. The summed E-state index contributed by atoms with van der Waals surface area (Å²) in [6.45, 7) is 4.66. The summed E-state index contributed by atoms with van der Waals surface area (Å²) in [5.74, 6) is 0.0250. The molecule has 1 aromatic carbocycles. The van der Waals surface area contributed by atoms with Gasteiger partial charge in [-0.25, -0.2) is 0 Å². The van der Waals surface area contributed by atoms with Gasteiger partial charge >= 0.3 is 0 Å². The van der Waals surface area contributed by atoms with Crippen molar-refractivity contribution in [2.45, 2.75) is 39.5 Å². The van der Waals surface area contributed by atoms with Gasteiger partial charge in [0.25, 0.3) is 0 Å². The number of benzene rings is 1. The number of amides is 1. The molecule has 0 spiro atoms. The molecule has 2 heterocycles. The van der Waals surface area contributed by atoms with Crippen LogP contribution in [-0.2, 0) is 11.2 Å². The number of aromatic hydroxyl groups is 1. The van der Waals surface area contributed by atoms with Gasteiger partial charge in [0.15, 0.2) is 17.3 Å². The van der Waals surface area contributed by atoms with Gasteiger partial charge in [-0.3, -0.25) is 14.4 Å². The molecule has 0 atom stereocenters. The molecule has 2 aromatic rings. The number of aldehydes is 1. The lowest BCUT2D eigenvalue weighted by Gasteiger charge is -2.26. The molecule has 6 heteroatoms. The van der Waals surface area contributed by atoms with Gasteiger partial charge in [0, 0.05) is 18.7 Å². The van der Waals surface area contributed by atoms with Gasteiger partial charge in [-0.2, -0.15) is 0 Å². The topological polar surface area (TPSA) is 87.8 Å². The number of rotatable bonds is 3. The number of fused-ring (bicyclic) bond motifs is 1. The number of carbonyl (C=O) groups is 2. The Morgan fingerprint density at radius 2 is 1.96 bits per heavy atom. The highest BCUT2D eigenvalue weighted by Gasteiger charge is 2.22. The van der Waals surface area contributed by atoms with Gasteiger partial charge in [-0.15, -0.1) is 0 Å². The molecule has 0 saturated carbocycles. The van der Waals surface area contributed by atoms with Crippen LogP contribution < -0.4 is 5.43 Å². The molecule has 3 rings (SSSR count). The highest BCUT2D eigenvalue weighted by molar-refractivity contribution is 5.98. The van der Waals surface area contributed by atoms with E-state index >= 15 is 0 Å². The van der Waals surface area contributed by atoms with Crippen molar-refractivity contribution in [3.05, 3.63) is 38.7 Å². The molecular formula is C19H21NO5. The second-order valence-electron chi connectivity index (χ2n) is 6.53. The van der Waals surface area contributed by atoms with Crippen molar-refractivity contribution >= 4 is 23.2 Å². The zero-order valence-electron chi connectivity index (χ0n) is 14.4. The third kappa shape index (κ3) is 3.04. The van der Waals surface area contributed by atoms with E-state index in [9.17, 15) is 19.5 Å². The summed E-state index contributed by atoms with van der Waals surface area (Å²) in [7, 11) is 0. The van der Waals surface area contributed by atoms with E-state index in [0.717, 1.165) is 32.4 Å². The number of hydrogen-bond acceptors (Lipinski definition) is 5. The van der Waals surface area contributed by atoms with E-state index in [2.05, 4.69) is 0 Å². The summed E-state index contributed by atoms with van der Waals surface area (Å²) < 4.78 is 5.66. The van der Waals surface area contributed by atoms with Gasteiger partial charge in [0.05, 0.1) is 17.4 Å². The van der Waals surface area contributed by atoms with Gasteiger partial charge in [0.1, 0.15) is 11.5 Å². The maximum absolute atomic E-state index is 12.9. The van der Waals surface area contributed by atoms with Crippen molar-refractivity contribution in [2.24, 2.45) is 0 Å². The van der Waals surface area contributed by atoms with Crippen molar-refractivity contribution in [1.29, 1.82) is 0 Å². The molecule has 1 N–H and O–H groups in total. The summed E-state index contributed by atoms with van der Waals surface area (Å²) in [6, 6.07) is 1.50. The fourth-order valence-corrected chi connectivity index (χ4v) is 3.35. The number of likely N-dealkylation sites (tertiary alicyclic amines) is 1.